The molecule has 0 aliphatic carbocycles. The minimum atomic E-state index is -0.198. The molecule has 0 aliphatic rings. The lowest BCUT2D eigenvalue weighted by Crippen LogP contribution is -2.72. The van der Waals surface area contributed by atoms with Crippen molar-refractivity contribution in [1.29, 1.82) is 0 Å². The Bertz CT molecular complexity index is 356. The Hall–Kier alpha value is -1.61. The summed E-state index contributed by atoms with van der Waals surface area (Å²) in [5.41, 5.74) is 1.94. The second-order valence-electron chi connectivity index (χ2n) is 2.82. The molecule has 74 valence electrons. The average molecular weight is 190 g/mol. The molecule has 1 rings (SSSR count). The summed E-state index contributed by atoms with van der Waals surface area (Å²) in [6, 6.07) is 3.37. The Morgan fingerprint density at radius 2 is 2.36 bits per heavy atom. The maximum Gasteiger partial charge on any atom is 0.0929 e. The van der Waals surface area contributed by atoms with E-state index in [0.717, 1.165) is 11.1 Å². The lowest BCUT2D eigenvalue weighted by molar-refractivity contribution is -0.556. The molecule has 0 amide bonds. The molecule has 0 aromatic carbocycles. The number of quaternary nitrogens is 1. The van der Waals surface area contributed by atoms with Gasteiger partial charge in [-0.1, -0.05) is 6.08 Å². The zero-order valence-corrected chi connectivity index (χ0v) is 8.40. The molecule has 0 fully saturated rings. The van der Waals surface area contributed by atoms with Crippen LogP contribution in [-0.4, -0.2) is 12.0 Å². The highest BCUT2D eigenvalue weighted by Gasteiger charge is 1.95. The molecule has 0 aliphatic heterocycles. The first-order valence-electron chi connectivity index (χ1n) is 4.53. The van der Waals surface area contributed by atoms with Gasteiger partial charge in [-0.2, -0.15) is 0 Å². The summed E-state index contributed by atoms with van der Waals surface area (Å²) in [7, 11) is 1.95. The van der Waals surface area contributed by atoms with Crippen molar-refractivity contribution in [2.75, 3.05) is 7.05 Å². The zero-order chi connectivity index (χ0) is 10.4. The summed E-state index contributed by atoms with van der Waals surface area (Å²) < 4.78 is 0. The summed E-state index contributed by atoms with van der Waals surface area (Å²) >= 11 is 0. The molecule has 1 aromatic heterocycles. The Labute approximate surface area is 83.8 Å². The summed E-state index contributed by atoms with van der Waals surface area (Å²) in [5.74, 6) is -0.198. The first-order chi connectivity index (χ1) is 6.77. The molecule has 0 atom stereocenters. The van der Waals surface area contributed by atoms with Gasteiger partial charge in [-0.05, 0) is 42.1 Å². The first kappa shape index (κ1) is 10.5. The third-order valence-corrected chi connectivity index (χ3v) is 1.85. The van der Waals surface area contributed by atoms with Crippen LogP contribution < -0.4 is 10.4 Å². The Kier molecular flexibility index (Phi) is 3.88. The minimum Gasteiger partial charge on any atom is -0.859 e. The fourth-order valence-corrected chi connectivity index (χ4v) is 1.15. The van der Waals surface area contributed by atoms with Gasteiger partial charge in [0, 0.05) is 6.20 Å². The van der Waals surface area contributed by atoms with Crippen LogP contribution in [0.15, 0.2) is 36.7 Å². The number of rotatable bonds is 3. The fourth-order valence-electron chi connectivity index (χ4n) is 1.15. The van der Waals surface area contributed by atoms with E-state index in [4.69, 9.17) is 0 Å². The van der Waals surface area contributed by atoms with E-state index >= 15 is 0 Å². The molecule has 2 N–H and O–H groups in total. The van der Waals surface area contributed by atoms with Gasteiger partial charge in [0.15, 0.2) is 0 Å². The van der Waals surface area contributed by atoms with Crippen molar-refractivity contribution in [3.63, 3.8) is 0 Å². The van der Waals surface area contributed by atoms with Crippen LogP contribution in [0, 0.1) is 0 Å². The van der Waals surface area contributed by atoms with Gasteiger partial charge in [-0.25, -0.2) is 0 Å². The molecule has 1 aromatic rings. The van der Waals surface area contributed by atoms with Crippen LogP contribution in [0.2, 0.25) is 0 Å². The smallest absolute Gasteiger partial charge is 0.0929 e. The van der Waals surface area contributed by atoms with E-state index in [1.54, 1.807) is 0 Å². The molecule has 0 spiro atoms. The third-order valence-electron chi connectivity index (χ3n) is 1.85. The van der Waals surface area contributed by atoms with Gasteiger partial charge in [-0.15, -0.1) is 0 Å². The topological polar surface area (TPSA) is 52.6 Å². The number of nitrogens with two attached hydrogens (primary N) is 1. The number of hydrogen-bond donors (Lipinski definition) is 1. The van der Waals surface area contributed by atoms with Gasteiger partial charge < -0.3 is 10.4 Å². The quantitative estimate of drug-likeness (QED) is 0.695. The lowest BCUT2D eigenvalue weighted by atomic mass is 10.1. The highest BCUT2D eigenvalue weighted by molar-refractivity contribution is 5.73. The molecular formula is C11H14N2O. The lowest BCUT2D eigenvalue weighted by Gasteiger charge is -2.06. The summed E-state index contributed by atoms with van der Waals surface area (Å²) in [6.45, 7) is 1.94. The van der Waals surface area contributed by atoms with E-state index < -0.39 is 0 Å². The molecule has 3 heteroatoms. The SMILES string of the molecule is C/C=C(\C=C/[NH2+]C)c1ccnc([O-])c1. The molecule has 14 heavy (non-hydrogen) atoms. The number of hydrogen-bond acceptors (Lipinski definition) is 2. The van der Waals surface area contributed by atoms with E-state index in [-0.39, 0.29) is 5.88 Å². The van der Waals surface area contributed by atoms with Crippen molar-refractivity contribution >= 4 is 5.57 Å². The Morgan fingerprint density at radius 1 is 1.57 bits per heavy atom. The molecule has 0 bridgehead atoms. The highest BCUT2D eigenvalue weighted by Crippen LogP contribution is 2.16. The van der Waals surface area contributed by atoms with Crippen molar-refractivity contribution < 1.29 is 10.4 Å². The molecule has 0 saturated carbocycles. The molecule has 3 nitrogen and oxygen atoms in total. The fraction of sp³-hybridized carbons (Fsp3) is 0.182. The highest BCUT2D eigenvalue weighted by atomic mass is 16.3. The van der Waals surface area contributed by atoms with Crippen LogP contribution in [0.4, 0.5) is 0 Å². The normalized spacial score (nSPS) is 12.3. The third kappa shape index (κ3) is 2.71. The van der Waals surface area contributed by atoms with Gasteiger partial charge >= 0.3 is 0 Å². The minimum absolute atomic E-state index is 0.198. The molecule has 1 heterocycles. The number of allylic oxidation sites excluding steroid dienone is 3. The number of nitrogens with zero attached hydrogens (tertiary/aromatic N) is 1. The average Bonchev–Trinajstić information content (AvgIpc) is 2.19. The first-order valence-corrected chi connectivity index (χ1v) is 4.53. The summed E-state index contributed by atoms with van der Waals surface area (Å²) in [6.07, 6.45) is 7.41. The van der Waals surface area contributed by atoms with Crippen molar-refractivity contribution in [3.05, 3.63) is 42.2 Å². The van der Waals surface area contributed by atoms with Crippen LogP contribution >= 0.6 is 0 Å². The second-order valence-corrected chi connectivity index (χ2v) is 2.82. The molecule has 0 unspecified atom stereocenters. The number of pyridine rings is 1. The van der Waals surface area contributed by atoms with Gasteiger partial charge in [0.2, 0.25) is 0 Å². The predicted octanol–water partition coefficient (Wildman–Crippen LogP) is 0.265. The van der Waals surface area contributed by atoms with E-state index in [9.17, 15) is 5.11 Å². The van der Waals surface area contributed by atoms with Crippen molar-refractivity contribution in [1.82, 2.24) is 4.98 Å². The summed E-state index contributed by atoms with van der Waals surface area (Å²) in [4.78, 5) is 3.62. The van der Waals surface area contributed by atoms with Crippen LogP contribution in [0.25, 0.3) is 5.57 Å². The van der Waals surface area contributed by atoms with Crippen LogP contribution in [0.1, 0.15) is 12.5 Å². The largest absolute Gasteiger partial charge is 0.859 e. The van der Waals surface area contributed by atoms with Crippen LogP contribution in [0.3, 0.4) is 0 Å². The Balaban J connectivity index is 2.96. The van der Waals surface area contributed by atoms with Gasteiger partial charge in [-0.3, -0.25) is 4.98 Å². The predicted molar refractivity (Wildman–Crippen MR) is 54.3 cm³/mol. The van der Waals surface area contributed by atoms with E-state index in [0.29, 0.717) is 0 Å². The van der Waals surface area contributed by atoms with Gasteiger partial charge in [0.25, 0.3) is 0 Å². The van der Waals surface area contributed by atoms with Crippen molar-refractivity contribution in [3.8, 4) is 5.88 Å². The number of aromatic nitrogens is 1. The maximum absolute atomic E-state index is 11.0. The van der Waals surface area contributed by atoms with Crippen molar-refractivity contribution in [2.24, 2.45) is 0 Å². The van der Waals surface area contributed by atoms with Crippen LogP contribution in [0.5, 0.6) is 5.88 Å². The van der Waals surface area contributed by atoms with Crippen LogP contribution in [-0.2, 0) is 0 Å². The van der Waals surface area contributed by atoms with E-state index in [2.05, 4.69) is 4.98 Å². The maximum atomic E-state index is 11.0. The second kappa shape index (κ2) is 5.19. The zero-order valence-electron chi connectivity index (χ0n) is 8.40. The monoisotopic (exact) mass is 190 g/mol. The van der Waals surface area contributed by atoms with E-state index in [1.165, 1.54) is 12.3 Å². The van der Waals surface area contributed by atoms with E-state index in [1.807, 2.05) is 43.7 Å². The van der Waals surface area contributed by atoms with Gasteiger partial charge in [0.1, 0.15) is 0 Å². The van der Waals surface area contributed by atoms with Gasteiger partial charge in [0.05, 0.1) is 13.2 Å². The van der Waals surface area contributed by atoms with Crippen molar-refractivity contribution in [2.45, 2.75) is 6.92 Å². The summed E-state index contributed by atoms with van der Waals surface area (Å²) in [5, 5.41) is 13.0. The standard InChI is InChI=1S/C11H14N2O/c1-3-9(4-6-12-2)10-5-7-13-11(14)8-10/h3-8,12H,1-2H3,(H,13,14)/b6-4-,9-3+. The Morgan fingerprint density at radius 3 is 2.93 bits per heavy atom. The molecular weight excluding hydrogens is 176 g/mol. The molecule has 0 radical (unpaired) electrons. The molecule has 0 saturated heterocycles.